The molecule has 0 aliphatic carbocycles. The minimum atomic E-state index is -0.0672. The number of aryl methyl sites for hydroxylation is 1. The largest absolute Gasteiger partial charge is 0.464 e. The summed E-state index contributed by atoms with van der Waals surface area (Å²) >= 11 is 0. The first-order chi connectivity index (χ1) is 6.25. The molecular formula is C9H12N2O2. The number of aliphatic imine (C=N–C) groups is 1. The van der Waals surface area contributed by atoms with Crippen LogP contribution in [0.5, 0.6) is 0 Å². The van der Waals surface area contributed by atoms with E-state index in [1.54, 1.807) is 0 Å². The number of hydrogen-bond donors (Lipinski definition) is 1. The van der Waals surface area contributed by atoms with Gasteiger partial charge in [0.15, 0.2) is 0 Å². The van der Waals surface area contributed by atoms with Crippen LogP contribution in [-0.4, -0.2) is 19.0 Å². The number of furan rings is 1. The quantitative estimate of drug-likeness (QED) is 0.701. The summed E-state index contributed by atoms with van der Waals surface area (Å²) in [5.41, 5.74) is 5.55. The van der Waals surface area contributed by atoms with Gasteiger partial charge in [-0.25, -0.2) is 0 Å². The zero-order chi connectivity index (χ0) is 9.26. The smallest absolute Gasteiger partial charge is 0.133 e. The Balaban J connectivity index is 2.21. The lowest BCUT2D eigenvalue weighted by Gasteiger charge is -2.16. The van der Waals surface area contributed by atoms with Gasteiger partial charge in [-0.2, -0.15) is 0 Å². The average molecular weight is 180 g/mol. The molecule has 4 heteroatoms. The van der Waals surface area contributed by atoms with Crippen molar-refractivity contribution in [1.82, 2.24) is 0 Å². The Hall–Kier alpha value is -1.29. The molecule has 1 aliphatic heterocycles. The first kappa shape index (κ1) is 8.31. The van der Waals surface area contributed by atoms with Crippen molar-refractivity contribution in [3.8, 4) is 0 Å². The first-order valence-electron chi connectivity index (χ1n) is 4.22. The van der Waals surface area contributed by atoms with Gasteiger partial charge in [0, 0.05) is 0 Å². The van der Waals surface area contributed by atoms with Crippen molar-refractivity contribution < 1.29 is 9.15 Å². The number of hydrogen-bond acceptors (Lipinski definition) is 4. The standard InChI is InChI=1S/C9H12N2O2/c1-6-2-3-8(13-6)7-4-12-5-9(10)11-7/h2-3,7H,4-5H2,1H3,(H2,10,11)/t7-/m1/s1. The molecule has 0 amide bonds. The minimum absolute atomic E-state index is 0.0672. The monoisotopic (exact) mass is 180 g/mol. The molecule has 0 radical (unpaired) electrons. The Morgan fingerprint density at radius 1 is 1.54 bits per heavy atom. The Morgan fingerprint density at radius 2 is 2.38 bits per heavy atom. The van der Waals surface area contributed by atoms with Crippen molar-refractivity contribution in [2.45, 2.75) is 13.0 Å². The van der Waals surface area contributed by atoms with Crippen LogP contribution in [0.15, 0.2) is 21.5 Å². The van der Waals surface area contributed by atoms with Crippen LogP contribution in [0.1, 0.15) is 17.6 Å². The number of amidine groups is 1. The molecular weight excluding hydrogens is 168 g/mol. The van der Waals surface area contributed by atoms with Gasteiger partial charge in [-0.1, -0.05) is 0 Å². The van der Waals surface area contributed by atoms with Crippen molar-refractivity contribution in [3.63, 3.8) is 0 Å². The number of ether oxygens (including phenoxy) is 1. The maximum Gasteiger partial charge on any atom is 0.133 e. The molecule has 1 atom stereocenters. The molecule has 13 heavy (non-hydrogen) atoms. The van der Waals surface area contributed by atoms with Crippen LogP contribution in [0.3, 0.4) is 0 Å². The fourth-order valence-electron chi connectivity index (χ4n) is 1.33. The molecule has 70 valence electrons. The van der Waals surface area contributed by atoms with E-state index in [1.165, 1.54) is 0 Å². The molecule has 0 spiro atoms. The zero-order valence-electron chi connectivity index (χ0n) is 7.49. The summed E-state index contributed by atoms with van der Waals surface area (Å²) in [7, 11) is 0. The Kier molecular flexibility index (Phi) is 2.06. The maximum absolute atomic E-state index is 5.55. The summed E-state index contributed by atoms with van der Waals surface area (Å²) < 4.78 is 10.7. The number of nitrogens with two attached hydrogens (primary N) is 1. The highest BCUT2D eigenvalue weighted by atomic mass is 16.5. The second-order valence-electron chi connectivity index (χ2n) is 3.10. The van der Waals surface area contributed by atoms with Crippen molar-refractivity contribution in [1.29, 1.82) is 0 Å². The molecule has 4 nitrogen and oxygen atoms in total. The highest BCUT2D eigenvalue weighted by molar-refractivity contribution is 5.82. The molecule has 0 saturated carbocycles. The van der Waals surface area contributed by atoms with Crippen LogP contribution in [0.25, 0.3) is 0 Å². The normalized spacial score (nSPS) is 22.8. The molecule has 0 aromatic carbocycles. The third-order valence-corrected chi connectivity index (χ3v) is 1.94. The van der Waals surface area contributed by atoms with Gasteiger partial charge in [0.1, 0.15) is 30.0 Å². The molecule has 0 fully saturated rings. The lowest BCUT2D eigenvalue weighted by atomic mass is 10.2. The molecule has 2 rings (SSSR count). The fraction of sp³-hybridized carbons (Fsp3) is 0.444. The van der Waals surface area contributed by atoms with Crippen molar-refractivity contribution in [2.75, 3.05) is 13.2 Å². The van der Waals surface area contributed by atoms with Crippen LogP contribution in [-0.2, 0) is 4.74 Å². The van der Waals surface area contributed by atoms with Crippen LogP contribution in [0.2, 0.25) is 0 Å². The van der Waals surface area contributed by atoms with Gasteiger partial charge in [-0.15, -0.1) is 0 Å². The van der Waals surface area contributed by atoms with Gasteiger partial charge < -0.3 is 14.9 Å². The van der Waals surface area contributed by atoms with E-state index in [1.807, 2.05) is 19.1 Å². The zero-order valence-corrected chi connectivity index (χ0v) is 7.49. The molecule has 1 aromatic heterocycles. The van der Waals surface area contributed by atoms with Crippen molar-refractivity contribution >= 4 is 5.84 Å². The van der Waals surface area contributed by atoms with E-state index >= 15 is 0 Å². The van der Waals surface area contributed by atoms with Gasteiger partial charge in [-0.3, -0.25) is 4.99 Å². The van der Waals surface area contributed by atoms with E-state index in [0.29, 0.717) is 19.0 Å². The SMILES string of the molecule is Cc1ccc([C@H]2COCC(N)=N2)o1. The average Bonchev–Trinajstić information content (AvgIpc) is 2.52. The summed E-state index contributed by atoms with van der Waals surface area (Å²) in [6.07, 6.45) is 0. The van der Waals surface area contributed by atoms with Gasteiger partial charge >= 0.3 is 0 Å². The third-order valence-electron chi connectivity index (χ3n) is 1.94. The molecule has 2 N–H and O–H groups in total. The Morgan fingerprint density at radius 3 is 3.00 bits per heavy atom. The van der Waals surface area contributed by atoms with E-state index in [9.17, 15) is 0 Å². The number of nitrogens with zero attached hydrogens (tertiary/aromatic N) is 1. The summed E-state index contributed by atoms with van der Waals surface area (Å²) in [6.45, 7) is 2.88. The van der Waals surface area contributed by atoms with Gasteiger partial charge in [-0.05, 0) is 19.1 Å². The number of rotatable bonds is 1. The van der Waals surface area contributed by atoms with Crippen LogP contribution >= 0.6 is 0 Å². The Bertz CT molecular complexity index is 330. The second-order valence-corrected chi connectivity index (χ2v) is 3.10. The van der Waals surface area contributed by atoms with E-state index in [2.05, 4.69) is 4.99 Å². The minimum Gasteiger partial charge on any atom is -0.464 e. The highest BCUT2D eigenvalue weighted by Gasteiger charge is 2.18. The summed E-state index contributed by atoms with van der Waals surface area (Å²) in [5, 5.41) is 0. The highest BCUT2D eigenvalue weighted by Crippen LogP contribution is 2.22. The topological polar surface area (TPSA) is 60.8 Å². The van der Waals surface area contributed by atoms with Crippen LogP contribution < -0.4 is 5.73 Å². The van der Waals surface area contributed by atoms with Gasteiger partial charge in [0.05, 0.1) is 6.61 Å². The third kappa shape index (κ3) is 1.72. The Labute approximate surface area is 76.4 Å². The maximum atomic E-state index is 5.55. The molecule has 2 heterocycles. The van der Waals surface area contributed by atoms with E-state index in [0.717, 1.165) is 11.5 Å². The van der Waals surface area contributed by atoms with Crippen molar-refractivity contribution in [3.05, 3.63) is 23.7 Å². The predicted molar refractivity (Wildman–Crippen MR) is 48.6 cm³/mol. The van der Waals surface area contributed by atoms with E-state index < -0.39 is 0 Å². The predicted octanol–water partition coefficient (Wildman–Crippen LogP) is 1.02. The van der Waals surface area contributed by atoms with Gasteiger partial charge in [0.2, 0.25) is 0 Å². The lowest BCUT2D eigenvalue weighted by molar-refractivity contribution is 0.136. The summed E-state index contributed by atoms with van der Waals surface area (Å²) in [6, 6.07) is 3.75. The molecule has 1 aromatic rings. The summed E-state index contributed by atoms with van der Waals surface area (Å²) in [5.74, 6) is 2.24. The molecule has 0 unspecified atom stereocenters. The molecule has 1 aliphatic rings. The van der Waals surface area contributed by atoms with Crippen LogP contribution in [0, 0.1) is 6.92 Å². The van der Waals surface area contributed by atoms with Crippen LogP contribution in [0.4, 0.5) is 0 Å². The van der Waals surface area contributed by atoms with E-state index in [-0.39, 0.29) is 6.04 Å². The summed E-state index contributed by atoms with van der Waals surface area (Å²) in [4.78, 5) is 4.24. The molecule has 0 bridgehead atoms. The second kappa shape index (κ2) is 3.22. The van der Waals surface area contributed by atoms with E-state index in [4.69, 9.17) is 14.9 Å². The van der Waals surface area contributed by atoms with Crippen molar-refractivity contribution in [2.24, 2.45) is 10.7 Å². The molecule has 0 saturated heterocycles. The lowest BCUT2D eigenvalue weighted by Crippen LogP contribution is -2.27. The first-order valence-corrected chi connectivity index (χ1v) is 4.22. The van der Waals surface area contributed by atoms with Gasteiger partial charge in [0.25, 0.3) is 0 Å². The fourth-order valence-corrected chi connectivity index (χ4v) is 1.33.